The van der Waals surface area contributed by atoms with Crippen LogP contribution in [0.2, 0.25) is 0 Å². The number of rotatable bonds is 1. The maximum Gasteiger partial charge on any atom is 0.273 e. The van der Waals surface area contributed by atoms with Crippen LogP contribution in [0.25, 0.3) is 10.9 Å². The number of hydrogen-bond acceptors (Lipinski definition) is 3. The number of fused-ring (bicyclic) bond motifs is 2. The molecule has 2 heterocycles. The van der Waals surface area contributed by atoms with Gasteiger partial charge in [-0.2, -0.15) is 0 Å². The average Bonchev–Trinajstić information content (AvgIpc) is 3.00. The van der Waals surface area contributed by atoms with E-state index in [0.29, 0.717) is 5.56 Å². The Bertz CT molecular complexity index is 1050. The topological polar surface area (TPSA) is 68.2 Å². The predicted molar refractivity (Wildman–Crippen MR) is 95.9 cm³/mol. The van der Waals surface area contributed by atoms with Gasteiger partial charge >= 0.3 is 0 Å². The number of nitrogens with one attached hydrogen (secondary N) is 1. The lowest BCUT2D eigenvalue weighted by Gasteiger charge is -2.16. The van der Waals surface area contributed by atoms with Gasteiger partial charge in [0.25, 0.3) is 5.69 Å². The number of aromatic nitrogens is 1. The van der Waals surface area contributed by atoms with E-state index in [-0.39, 0.29) is 10.6 Å². The average molecular weight is 332 g/mol. The molecule has 1 aliphatic rings. The van der Waals surface area contributed by atoms with E-state index < -0.39 is 0 Å². The van der Waals surface area contributed by atoms with Crippen molar-refractivity contribution in [2.45, 2.75) is 19.8 Å². The Morgan fingerprint density at radius 1 is 1.24 bits per heavy atom. The molecule has 2 aromatic carbocycles. The van der Waals surface area contributed by atoms with Crippen LogP contribution in [0.5, 0.6) is 5.75 Å². The second-order valence-corrected chi connectivity index (χ2v) is 6.17. The van der Waals surface area contributed by atoms with Crippen LogP contribution in [0.1, 0.15) is 28.7 Å². The zero-order chi connectivity index (χ0) is 17.4. The summed E-state index contributed by atoms with van der Waals surface area (Å²) in [6.07, 6.45) is 3.82. The Kier molecular flexibility index (Phi) is 3.66. The lowest BCUT2D eigenvalue weighted by Crippen LogP contribution is -2.08. The Labute approximate surface area is 144 Å². The number of aromatic amines is 1. The highest BCUT2D eigenvalue weighted by Gasteiger charge is 2.14. The van der Waals surface area contributed by atoms with Gasteiger partial charge in [-0.25, -0.2) is 0 Å². The van der Waals surface area contributed by atoms with Gasteiger partial charge in [0.15, 0.2) is 0 Å². The minimum Gasteiger partial charge on any atom is -0.493 e. The molecular weight excluding hydrogens is 316 g/mol. The molecule has 1 N–H and O–H groups in total. The number of nitrogens with zero attached hydrogens (tertiary/aromatic N) is 1. The first kappa shape index (κ1) is 15.3. The third-order valence-electron chi connectivity index (χ3n) is 4.44. The summed E-state index contributed by atoms with van der Waals surface area (Å²) in [6, 6.07) is 9.34. The third kappa shape index (κ3) is 2.83. The Hall–Kier alpha value is -3.26. The highest BCUT2D eigenvalue weighted by molar-refractivity contribution is 5.89. The van der Waals surface area contributed by atoms with Crippen molar-refractivity contribution in [3.05, 3.63) is 68.9 Å². The molecule has 0 fully saturated rings. The van der Waals surface area contributed by atoms with Crippen molar-refractivity contribution in [1.29, 1.82) is 0 Å². The molecule has 5 nitrogen and oxygen atoms in total. The minimum absolute atomic E-state index is 0.112. The van der Waals surface area contributed by atoms with Crippen LogP contribution in [0.4, 0.5) is 5.69 Å². The maximum atomic E-state index is 11.2. The van der Waals surface area contributed by atoms with Crippen LogP contribution in [0, 0.1) is 28.9 Å². The van der Waals surface area contributed by atoms with Crippen molar-refractivity contribution in [2.24, 2.45) is 0 Å². The number of ether oxygens (including phenoxy) is 1. The fraction of sp³-hybridized carbons (Fsp3) is 0.200. The molecule has 124 valence electrons. The monoisotopic (exact) mass is 332 g/mol. The molecular formula is C20H16N2O3. The standard InChI is InChI=1S/C20H16N2O3/c1-13-9-18-17(11-19(13)22(23)24)16(12-21-18)6-4-14-5-7-20-15(10-14)3-2-8-25-20/h5,7,9-12,21H,2-3,8H2,1H3. The van der Waals surface area contributed by atoms with Crippen LogP contribution in [-0.4, -0.2) is 16.5 Å². The molecule has 0 unspecified atom stereocenters. The zero-order valence-corrected chi connectivity index (χ0v) is 13.8. The number of H-pyrrole nitrogens is 1. The molecule has 0 atom stereocenters. The van der Waals surface area contributed by atoms with E-state index in [1.165, 1.54) is 5.56 Å². The van der Waals surface area contributed by atoms with Gasteiger partial charge in [-0.05, 0) is 49.6 Å². The van der Waals surface area contributed by atoms with Gasteiger partial charge in [-0.3, -0.25) is 10.1 Å². The van der Waals surface area contributed by atoms with E-state index in [4.69, 9.17) is 4.74 Å². The van der Waals surface area contributed by atoms with E-state index >= 15 is 0 Å². The second-order valence-electron chi connectivity index (χ2n) is 6.17. The highest BCUT2D eigenvalue weighted by atomic mass is 16.6. The minimum atomic E-state index is -0.359. The maximum absolute atomic E-state index is 11.2. The van der Waals surface area contributed by atoms with Gasteiger partial charge in [-0.15, -0.1) is 0 Å². The summed E-state index contributed by atoms with van der Waals surface area (Å²) >= 11 is 0. The Balaban J connectivity index is 1.73. The molecule has 1 aliphatic heterocycles. The van der Waals surface area contributed by atoms with Crippen LogP contribution in [0.15, 0.2) is 36.5 Å². The fourth-order valence-electron chi connectivity index (χ4n) is 3.14. The van der Waals surface area contributed by atoms with Gasteiger partial charge < -0.3 is 9.72 Å². The first-order valence-electron chi connectivity index (χ1n) is 8.16. The van der Waals surface area contributed by atoms with Crippen molar-refractivity contribution >= 4 is 16.6 Å². The van der Waals surface area contributed by atoms with Crippen molar-refractivity contribution < 1.29 is 9.66 Å². The molecule has 1 aromatic heterocycles. The molecule has 4 rings (SSSR count). The van der Waals surface area contributed by atoms with E-state index in [0.717, 1.165) is 47.2 Å². The third-order valence-corrected chi connectivity index (χ3v) is 4.44. The largest absolute Gasteiger partial charge is 0.493 e. The zero-order valence-electron chi connectivity index (χ0n) is 13.8. The SMILES string of the molecule is Cc1cc2[nH]cc(C#Cc3ccc4c(c3)CCCO4)c2cc1[N+](=O)[O-]. The van der Waals surface area contributed by atoms with Crippen molar-refractivity contribution in [2.75, 3.05) is 6.61 Å². The fourth-order valence-corrected chi connectivity index (χ4v) is 3.14. The number of benzene rings is 2. The van der Waals surface area contributed by atoms with E-state index in [1.54, 1.807) is 25.3 Å². The van der Waals surface area contributed by atoms with Gasteiger partial charge in [0.2, 0.25) is 0 Å². The molecule has 0 radical (unpaired) electrons. The molecule has 25 heavy (non-hydrogen) atoms. The Morgan fingerprint density at radius 2 is 2.12 bits per heavy atom. The molecule has 0 saturated carbocycles. The van der Waals surface area contributed by atoms with E-state index in [2.05, 4.69) is 22.9 Å². The molecule has 0 spiro atoms. The van der Waals surface area contributed by atoms with E-state index in [1.807, 2.05) is 12.1 Å². The van der Waals surface area contributed by atoms with Crippen LogP contribution in [0.3, 0.4) is 0 Å². The second kappa shape index (κ2) is 5.99. The Morgan fingerprint density at radius 3 is 2.96 bits per heavy atom. The molecule has 0 aliphatic carbocycles. The summed E-state index contributed by atoms with van der Waals surface area (Å²) in [5.41, 5.74) is 4.45. The van der Waals surface area contributed by atoms with Gasteiger partial charge in [0.05, 0.1) is 17.1 Å². The molecule has 3 aromatic rings. The first-order chi connectivity index (χ1) is 12.1. The number of nitro benzene ring substituents is 1. The quantitative estimate of drug-likeness (QED) is 0.414. The first-order valence-corrected chi connectivity index (χ1v) is 8.16. The lowest BCUT2D eigenvalue weighted by atomic mass is 10.0. The molecule has 0 amide bonds. The summed E-state index contributed by atoms with van der Waals surface area (Å²) in [7, 11) is 0. The number of hydrogen-bond donors (Lipinski definition) is 1. The van der Waals surface area contributed by atoms with E-state index in [9.17, 15) is 10.1 Å². The predicted octanol–water partition coefficient (Wildman–Crippen LogP) is 4.11. The van der Waals surface area contributed by atoms with Crippen LogP contribution in [-0.2, 0) is 6.42 Å². The van der Waals surface area contributed by atoms with Crippen LogP contribution >= 0.6 is 0 Å². The van der Waals surface area contributed by atoms with Gasteiger partial charge in [0.1, 0.15) is 5.75 Å². The van der Waals surface area contributed by atoms with Gasteiger partial charge in [0, 0.05) is 34.3 Å². The normalized spacial score (nSPS) is 12.8. The molecule has 0 saturated heterocycles. The molecule has 5 heteroatoms. The smallest absolute Gasteiger partial charge is 0.273 e. The highest BCUT2D eigenvalue weighted by Crippen LogP contribution is 2.28. The summed E-state index contributed by atoms with van der Waals surface area (Å²) in [5.74, 6) is 7.23. The molecule has 0 bridgehead atoms. The summed E-state index contributed by atoms with van der Waals surface area (Å²) in [5, 5.41) is 11.9. The van der Waals surface area contributed by atoms with Gasteiger partial charge in [-0.1, -0.05) is 11.8 Å². The van der Waals surface area contributed by atoms with Crippen molar-refractivity contribution in [3.63, 3.8) is 0 Å². The summed E-state index contributed by atoms with van der Waals surface area (Å²) < 4.78 is 5.62. The lowest BCUT2D eigenvalue weighted by molar-refractivity contribution is -0.385. The summed E-state index contributed by atoms with van der Waals surface area (Å²) in [4.78, 5) is 13.9. The summed E-state index contributed by atoms with van der Waals surface area (Å²) in [6.45, 7) is 2.50. The van der Waals surface area contributed by atoms with Crippen molar-refractivity contribution in [3.8, 4) is 17.6 Å². The van der Waals surface area contributed by atoms with Crippen molar-refractivity contribution in [1.82, 2.24) is 4.98 Å². The van der Waals surface area contributed by atoms with Crippen LogP contribution < -0.4 is 4.74 Å². The number of nitro groups is 1. The number of aryl methyl sites for hydroxylation is 2.